The summed E-state index contributed by atoms with van der Waals surface area (Å²) in [6.45, 7) is 6.16. The number of aromatic nitrogens is 2. The van der Waals surface area contributed by atoms with Crippen LogP contribution in [0.15, 0.2) is 23.1 Å². The van der Waals surface area contributed by atoms with E-state index in [1.807, 2.05) is 19.9 Å². The first-order valence-corrected chi connectivity index (χ1v) is 9.62. The molecule has 3 heterocycles. The predicted molar refractivity (Wildman–Crippen MR) is 89.4 cm³/mol. The van der Waals surface area contributed by atoms with E-state index in [9.17, 15) is 8.42 Å². The van der Waals surface area contributed by atoms with Crippen LogP contribution in [0.3, 0.4) is 0 Å². The van der Waals surface area contributed by atoms with Gasteiger partial charge >= 0.3 is 0 Å². The Hall–Kier alpha value is -1.70. The van der Waals surface area contributed by atoms with Crippen molar-refractivity contribution in [2.75, 3.05) is 19.7 Å². The minimum atomic E-state index is -3.42. The summed E-state index contributed by atoms with van der Waals surface area (Å²) >= 11 is 0. The lowest BCUT2D eigenvalue weighted by Gasteiger charge is -2.37. The number of sulfonamides is 1. The molecule has 2 aromatic rings. The zero-order chi connectivity index (χ0) is 16.9. The number of benzene rings is 1. The Bertz CT molecular complexity index is 882. The highest BCUT2D eigenvalue weighted by molar-refractivity contribution is 7.89. The second kappa shape index (κ2) is 5.68. The Morgan fingerprint density at radius 2 is 2.04 bits per heavy atom. The van der Waals surface area contributed by atoms with E-state index in [1.54, 1.807) is 12.1 Å². The summed E-state index contributed by atoms with van der Waals surface area (Å²) < 4.78 is 32.6. The third-order valence-corrected chi connectivity index (χ3v) is 6.91. The molecule has 0 spiro atoms. The number of fused-ring (bicyclic) bond motifs is 1. The van der Waals surface area contributed by atoms with Crippen LogP contribution in [0.4, 0.5) is 0 Å². The monoisotopic (exact) mass is 347 g/mol. The molecule has 0 radical (unpaired) electrons. The van der Waals surface area contributed by atoms with Gasteiger partial charge in [-0.2, -0.15) is 9.40 Å². The fourth-order valence-corrected chi connectivity index (χ4v) is 4.92. The average molecular weight is 347 g/mol. The van der Waals surface area contributed by atoms with Crippen molar-refractivity contribution >= 4 is 10.0 Å². The van der Waals surface area contributed by atoms with Crippen molar-refractivity contribution in [3.8, 4) is 0 Å². The van der Waals surface area contributed by atoms with Crippen molar-refractivity contribution in [2.45, 2.75) is 37.7 Å². The van der Waals surface area contributed by atoms with Gasteiger partial charge in [-0.3, -0.25) is 5.10 Å². The van der Waals surface area contributed by atoms with Crippen LogP contribution in [-0.4, -0.2) is 42.6 Å². The standard InChI is InChI=1S/C17H21N3O3S/c1-11-3-4-14(7-12(11)2)24(21,22)20-8-13(9-20)17-15-10-23-6-5-16(15)18-19-17/h3-4,7,13H,5-6,8-10H2,1-2H3,(H,18,19). The lowest BCUT2D eigenvalue weighted by molar-refractivity contribution is 0.108. The fraction of sp³-hybridized carbons (Fsp3) is 0.471. The van der Waals surface area contributed by atoms with Gasteiger partial charge in [0.15, 0.2) is 0 Å². The van der Waals surface area contributed by atoms with Crippen LogP contribution in [0.2, 0.25) is 0 Å². The highest BCUT2D eigenvalue weighted by atomic mass is 32.2. The molecule has 2 aliphatic heterocycles. The number of hydrogen-bond donors (Lipinski definition) is 1. The Morgan fingerprint density at radius 1 is 1.25 bits per heavy atom. The van der Waals surface area contributed by atoms with E-state index in [4.69, 9.17) is 4.74 Å². The lowest BCUT2D eigenvalue weighted by atomic mass is 9.94. The molecule has 4 rings (SSSR count). The Morgan fingerprint density at radius 3 is 2.79 bits per heavy atom. The molecular weight excluding hydrogens is 326 g/mol. The number of aryl methyl sites for hydroxylation is 2. The van der Waals surface area contributed by atoms with Gasteiger partial charge in [-0.25, -0.2) is 8.42 Å². The summed E-state index contributed by atoms with van der Waals surface area (Å²) in [5, 5.41) is 7.48. The van der Waals surface area contributed by atoms with Gasteiger partial charge in [0.1, 0.15) is 0 Å². The molecule has 2 aliphatic rings. The van der Waals surface area contributed by atoms with E-state index in [-0.39, 0.29) is 5.92 Å². The van der Waals surface area contributed by atoms with Gasteiger partial charge in [0.2, 0.25) is 10.0 Å². The molecule has 0 aliphatic carbocycles. The van der Waals surface area contributed by atoms with Crippen LogP contribution in [0, 0.1) is 13.8 Å². The van der Waals surface area contributed by atoms with Crippen LogP contribution < -0.4 is 0 Å². The summed E-state index contributed by atoms with van der Waals surface area (Å²) in [6.07, 6.45) is 0.847. The SMILES string of the molecule is Cc1ccc(S(=O)(=O)N2CC(c3n[nH]c4c3COCC4)C2)cc1C. The van der Waals surface area contributed by atoms with Gasteiger partial charge in [-0.05, 0) is 37.1 Å². The zero-order valence-electron chi connectivity index (χ0n) is 13.9. The predicted octanol–water partition coefficient (Wildman–Crippen LogP) is 1.89. The van der Waals surface area contributed by atoms with Crippen molar-refractivity contribution in [1.82, 2.24) is 14.5 Å². The van der Waals surface area contributed by atoms with E-state index in [1.165, 1.54) is 4.31 Å². The maximum absolute atomic E-state index is 12.8. The number of rotatable bonds is 3. The molecule has 6 nitrogen and oxygen atoms in total. The van der Waals surface area contributed by atoms with E-state index in [0.29, 0.717) is 31.2 Å². The van der Waals surface area contributed by atoms with Gasteiger partial charge < -0.3 is 4.74 Å². The zero-order valence-corrected chi connectivity index (χ0v) is 14.7. The number of nitrogens with one attached hydrogen (secondary N) is 1. The largest absolute Gasteiger partial charge is 0.376 e. The molecule has 0 bridgehead atoms. The molecule has 24 heavy (non-hydrogen) atoms. The number of nitrogens with zero attached hydrogens (tertiary/aromatic N) is 2. The van der Waals surface area contributed by atoms with Crippen LogP contribution in [0.1, 0.15) is 34.0 Å². The lowest BCUT2D eigenvalue weighted by Crippen LogP contribution is -2.48. The summed E-state index contributed by atoms with van der Waals surface area (Å²) in [4.78, 5) is 0.372. The first-order valence-electron chi connectivity index (χ1n) is 8.18. The third kappa shape index (κ3) is 2.47. The van der Waals surface area contributed by atoms with Crippen LogP contribution >= 0.6 is 0 Å². The molecule has 0 amide bonds. The minimum Gasteiger partial charge on any atom is -0.376 e. The van der Waals surface area contributed by atoms with Crippen molar-refractivity contribution in [2.24, 2.45) is 0 Å². The van der Waals surface area contributed by atoms with Gasteiger partial charge in [0, 0.05) is 36.7 Å². The van der Waals surface area contributed by atoms with Crippen LogP contribution in [0.5, 0.6) is 0 Å². The molecular formula is C17H21N3O3S. The van der Waals surface area contributed by atoms with Crippen molar-refractivity contribution in [1.29, 1.82) is 0 Å². The van der Waals surface area contributed by atoms with Crippen molar-refractivity contribution < 1.29 is 13.2 Å². The Kier molecular flexibility index (Phi) is 3.74. The highest BCUT2D eigenvalue weighted by Crippen LogP contribution is 2.34. The first kappa shape index (κ1) is 15.8. The average Bonchev–Trinajstić information content (AvgIpc) is 2.92. The van der Waals surface area contributed by atoms with Crippen molar-refractivity contribution in [3.63, 3.8) is 0 Å². The summed E-state index contributed by atoms with van der Waals surface area (Å²) in [5.41, 5.74) is 5.31. The minimum absolute atomic E-state index is 0.146. The summed E-state index contributed by atoms with van der Waals surface area (Å²) in [6, 6.07) is 5.30. The summed E-state index contributed by atoms with van der Waals surface area (Å²) in [7, 11) is -3.42. The topological polar surface area (TPSA) is 75.3 Å². The van der Waals surface area contributed by atoms with E-state index in [0.717, 1.165) is 34.5 Å². The number of hydrogen-bond acceptors (Lipinski definition) is 4. The smallest absolute Gasteiger partial charge is 0.243 e. The van der Waals surface area contributed by atoms with Gasteiger partial charge in [0.05, 0.1) is 23.8 Å². The maximum atomic E-state index is 12.8. The molecule has 1 fully saturated rings. The second-order valence-electron chi connectivity index (χ2n) is 6.63. The molecule has 1 aromatic carbocycles. The Labute approximate surface area is 141 Å². The van der Waals surface area contributed by atoms with Crippen molar-refractivity contribution in [3.05, 3.63) is 46.3 Å². The quantitative estimate of drug-likeness (QED) is 0.920. The molecule has 128 valence electrons. The summed E-state index contributed by atoms with van der Waals surface area (Å²) in [5.74, 6) is 0.146. The third-order valence-electron chi connectivity index (χ3n) is 5.08. The second-order valence-corrected chi connectivity index (χ2v) is 8.57. The molecule has 1 N–H and O–H groups in total. The first-order chi connectivity index (χ1) is 11.5. The molecule has 0 unspecified atom stereocenters. The maximum Gasteiger partial charge on any atom is 0.243 e. The number of ether oxygens (including phenoxy) is 1. The molecule has 0 atom stereocenters. The number of H-pyrrole nitrogens is 1. The van der Waals surface area contributed by atoms with Crippen LogP contribution in [-0.2, 0) is 27.8 Å². The molecule has 1 saturated heterocycles. The molecule has 0 saturated carbocycles. The van der Waals surface area contributed by atoms with Gasteiger partial charge in [-0.15, -0.1) is 0 Å². The van der Waals surface area contributed by atoms with E-state index >= 15 is 0 Å². The molecule has 7 heteroatoms. The van der Waals surface area contributed by atoms with E-state index < -0.39 is 10.0 Å². The fourth-order valence-electron chi connectivity index (χ4n) is 3.30. The van der Waals surface area contributed by atoms with Crippen LogP contribution in [0.25, 0.3) is 0 Å². The van der Waals surface area contributed by atoms with Gasteiger partial charge in [-0.1, -0.05) is 6.07 Å². The normalized spacial score (nSPS) is 19.1. The molecule has 1 aromatic heterocycles. The highest BCUT2D eigenvalue weighted by Gasteiger charge is 2.40. The van der Waals surface area contributed by atoms with E-state index in [2.05, 4.69) is 10.2 Å². The number of aromatic amines is 1. The Balaban J connectivity index is 1.52. The van der Waals surface area contributed by atoms with Gasteiger partial charge in [0.25, 0.3) is 0 Å².